The smallest absolute Gasteiger partial charge is 0.394 e. The van der Waals surface area contributed by atoms with E-state index in [1.54, 1.807) is 26.0 Å². The molecule has 0 bridgehead atoms. The van der Waals surface area contributed by atoms with Crippen LogP contribution in [0, 0.1) is 25.7 Å². The van der Waals surface area contributed by atoms with Gasteiger partial charge in [-0.25, -0.2) is 4.98 Å². The Balaban J connectivity index is 1.86. The minimum atomic E-state index is -4.68. The van der Waals surface area contributed by atoms with Crippen LogP contribution in [-0.4, -0.2) is 46.1 Å². The van der Waals surface area contributed by atoms with Crippen molar-refractivity contribution >= 4 is 23.2 Å². The van der Waals surface area contributed by atoms with Crippen molar-refractivity contribution in [3.63, 3.8) is 0 Å². The summed E-state index contributed by atoms with van der Waals surface area (Å²) in [5.41, 5.74) is 0.367. The largest absolute Gasteiger partial charge is 0.481 e. The number of furan rings is 1. The number of amides is 1. The van der Waals surface area contributed by atoms with Crippen LogP contribution in [0.4, 0.5) is 13.2 Å². The van der Waals surface area contributed by atoms with E-state index in [9.17, 15) is 22.8 Å². The van der Waals surface area contributed by atoms with Crippen molar-refractivity contribution in [3.05, 3.63) is 28.5 Å². The van der Waals surface area contributed by atoms with Gasteiger partial charge >= 0.3 is 12.1 Å². The molecule has 26 heavy (non-hydrogen) atoms. The van der Waals surface area contributed by atoms with E-state index in [1.165, 1.54) is 0 Å². The number of carboxylic acids is 1. The number of halogens is 3. The van der Waals surface area contributed by atoms with Gasteiger partial charge in [-0.1, -0.05) is 0 Å². The minimum absolute atomic E-state index is 0.181. The summed E-state index contributed by atoms with van der Waals surface area (Å²) < 4.78 is 44.7. The zero-order chi connectivity index (χ0) is 19.2. The summed E-state index contributed by atoms with van der Waals surface area (Å²) in [5, 5.41) is 9.51. The van der Waals surface area contributed by atoms with E-state index in [4.69, 9.17) is 9.52 Å². The Morgan fingerprint density at radius 1 is 1.31 bits per heavy atom. The molecule has 0 unspecified atom stereocenters. The maximum absolute atomic E-state index is 13.1. The second kappa shape index (κ2) is 6.42. The molecule has 2 aromatic heterocycles. The van der Waals surface area contributed by atoms with Gasteiger partial charge in [0.05, 0.1) is 17.5 Å². The third-order valence-electron chi connectivity index (χ3n) is 4.29. The summed E-state index contributed by atoms with van der Waals surface area (Å²) in [7, 11) is 0. The monoisotopic (exact) mass is 388 g/mol. The lowest BCUT2D eigenvalue weighted by Crippen LogP contribution is -2.34. The highest BCUT2D eigenvalue weighted by Gasteiger charge is 2.53. The first kappa shape index (κ1) is 18.4. The fraction of sp³-hybridized carbons (Fsp3) is 0.438. The topological polar surface area (TPSA) is 83.6 Å². The highest BCUT2D eigenvalue weighted by atomic mass is 32.1. The van der Waals surface area contributed by atoms with Crippen LogP contribution in [0.25, 0.3) is 10.8 Å². The molecular weight excluding hydrogens is 373 g/mol. The molecule has 0 aliphatic carbocycles. The van der Waals surface area contributed by atoms with Gasteiger partial charge in [0.1, 0.15) is 10.6 Å². The molecule has 140 valence electrons. The summed E-state index contributed by atoms with van der Waals surface area (Å²) in [5.74, 6) is -4.82. The van der Waals surface area contributed by atoms with Gasteiger partial charge in [0.25, 0.3) is 5.91 Å². The Kier molecular flexibility index (Phi) is 4.55. The first-order valence-electron chi connectivity index (χ1n) is 7.71. The molecule has 1 saturated heterocycles. The first-order chi connectivity index (χ1) is 12.1. The molecule has 1 aliphatic rings. The molecule has 1 N–H and O–H groups in total. The molecule has 0 aromatic carbocycles. The van der Waals surface area contributed by atoms with Crippen molar-refractivity contribution in [2.24, 2.45) is 11.8 Å². The van der Waals surface area contributed by atoms with E-state index in [1.807, 2.05) is 0 Å². The van der Waals surface area contributed by atoms with E-state index in [2.05, 4.69) is 4.98 Å². The van der Waals surface area contributed by atoms with Crippen LogP contribution in [0.1, 0.15) is 21.1 Å². The van der Waals surface area contributed by atoms with Gasteiger partial charge in [-0.15, -0.1) is 11.3 Å². The number of likely N-dealkylation sites (tertiary alicyclic amines) is 1. The normalized spacial score (nSPS) is 20.6. The number of carboxylic acid groups (broad SMARTS) is 1. The summed E-state index contributed by atoms with van der Waals surface area (Å²) in [6, 6.07) is 3.43. The Bertz CT molecular complexity index is 858. The Hall–Kier alpha value is -2.36. The maximum Gasteiger partial charge on any atom is 0.394 e. The molecule has 2 atom stereocenters. The van der Waals surface area contributed by atoms with Crippen molar-refractivity contribution < 1.29 is 32.3 Å². The number of hydrogen-bond donors (Lipinski definition) is 1. The van der Waals surface area contributed by atoms with Crippen LogP contribution in [0.5, 0.6) is 0 Å². The summed E-state index contributed by atoms with van der Waals surface area (Å²) >= 11 is 1.01. The molecule has 10 heteroatoms. The van der Waals surface area contributed by atoms with Crippen LogP contribution in [0.2, 0.25) is 0 Å². The molecule has 1 amide bonds. The van der Waals surface area contributed by atoms with Crippen molar-refractivity contribution in [1.82, 2.24) is 9.88 Å². The van der Waals surface area contributed by atoms with Gasteiger partial charge in [0.2, 0.25) is 0 Å². The third-order valence-corrected chi connectivity index (χ3v) is 5.45. The highest BCUT2D eigenvalue weighted by molar-refractivity contribution is 7.17. The van der Waals surface area contributed by atoms with Crippen LogP contribution in [0.3, 0.4) is 0 Å². The highest BCUT2D eigenvalue weighted by Crippen LogP contribution is 2.39. The Labute approximate surface area is 150 Å². The second-order valence-electron chi connectivity index (χ2n) is 6.15. The molecule has 0 radical (unpaired) electrons. The quantitative estimate of drug-likeness (QED) is 0.872. The number of nitrogens with zero attached hydrogens (tertiary/aromatic N) is 2. The van der Waals surface area contributed by atoms with Gasteiger partial charge in [-0.05, 0) is 26.0 Å². The SMILES string of the molecule is Cc1ccc(-c2nc(C)c(C(=O)N3C[C@@H](C(F)(F)F)[C@H](C(=O)O)C3)s2)o1. The molecule has 0 saturated carbocycles. The number of rotatable bonds is 3. The minimum Gasteiger partial charge on any atom is -0.481 e. The Morgan fingerprint density at radius 3 is 2.50 bits per heavy atom. The average Bonchev–Trinajstić information content (AvgIpc) is 3.23. The number of aryl methyl sites for hydroxylation is 2. The lowest BCUT2D eigenvalue weighted by Gasteiger charge is -2.18. The van der Waals surface area contributed by atoms with Crippen molar-refractivity contribution in [2.75, 3.05) is 13.1 Å². The molecule has 2 aromatic rings. The standard InChI is InChI=1S/C16H15F3N2O4S/c1-7-3-4-11(25-7)13-20-8(2)12(26-13)14(22)21-5-9(15(23)24)10(6-21)16(17,18)19/h3-4,9-10H,5-6H2,1-2H3,(H,23,24)/t9-,10-/m1/s1. The maximum atomic E-state index is 13.1. The molecule has 1 aliphatic heterocycles. The van der Waals surface area contributed by atoms with E-state index >= 15 is 0 Å². The van der Waals surface area contributed by atoms with Crippen LogP contribution in [0.15, 0.2) is 16.5 Å². The number of thiazole rings is 1. The van der Waals surface area contributed by atoms with Gasteiger partial charge in [0.15, 0.2) is 10.8 Å². The van der Waals surface area contributed by atoms with Gasteiger partial charge in [-0.2, -0.15) is 13.2 Å². The van der Waals surface area contributed by atoms with Crippen molar-refractivity contribution in [2.45, 2.75) is 20.0 Å². The van der Waals surface area contributed by atoms with Gasteiger partial charge < -0.3 is 14.4 Å². The first-order valence-corrected chi connectivity index (χ1v) is 8.52. The fourth-order valence-electron chi connectivity index (χ4n) is 2.94. The van der Waals surface area contributed by atoms with Gasteiger partial charge in [-0.3, -0.25) is 9.59 Å². The molecular formula is C16H15F3N2O4S. The zero-order valence-electron chi connectivity index (χ0n) is 13.8. The molecule has 3 heterocycles. The van der Waals surface area contributed by atoms with Crippen molar-refractivity contribution in [1.29, 1.82) is 0 Å². The van der Waals surface area contributed by atoms with Crippen LogP contribution >= 0.6 is 11.3 Å². The predicted octanol–water partition coefficient (Wildman–Crippen LogP) is 3.36. The van der Waals surface area contributed by atoms with E-state index < -0.39 is 43.0 Å². The van der Waals surface area contributed by atoms with E-state index in [0.29, 0.717) is 22.2 Å². The second-order valence-corrected chi connectivity index (χ2v) is 7.15. The average molecular weight is 388 g/mol. The molecule has 1 fully saturated rings. The number of aromatic nitrogens is 1. The number of aliphatic carboxylic acids is 1. The summed E-state index contributed by atoms with van der Waals surface area (Å²) in [4.78, 5) is 29.2. The number of carbonyl (C=O) groups excluding carboxylic acids is 1. The van der Waals surface area contributed by atoms with Crippen molar-refractivity contribution in [3.8, 4) is 10.8 Å². The number of alkyl halides is 3. The van der Waals surface area contributed by atoms with E-state index in [0.717, 1.165) is 16.2 Å². The lowest BCUT2D eigenvalue weighted by atomic mass is 9.96. The zero-order valence-corrected chi connectivity index (χ0v) is 14.6. The Morgan fingerprint density at radius 2 is 2.00 bits per heavy atom. The molecule has 3 rings (SSSR count). The molecule has 6 nitrogen and oxygen atoms in total. The predicted molar refractivity (Wildman–Crippen MR) is 85.9 cm³/mol. The summed E-state index contributed by atoms with van der Waals surface area (Å²) in [6.45, 7) is 2.18. The fourth-order valence-corrected chi connectivity index (χ4v) is 3.94. The van der Waals surface area contributed by atoms with Gasteiger partial charge in [0, 0.05) is 13.1 Å². The van der Waals surface area contributed by atoms with Crippen LogP contribution < -0.4 is 0 Å². The van der Waals surface area contributed by atoms with Crippen LogP contribution in [-0.2, 0) is 4.79 Å². The number of carbonyl (C=O) groups is 2. The third kappa shape index (κ3) is 3.33. The van der Waals surface area contributed by atoms with E-state index in [-0.39, 0.29) is 4.88 Å². The molecule has 0 spiro atoms. The lowest BCUT2D eigenvalue weighted by molar-refractivity contribution is -0.187. The summed E-state index contributed by atoms with van der Waals surface area (Å²) in [6.07, 6.45) is -4.68. The number of hydrogen-bond acceptors (Lipinski definition) is 5.